The molecule has 16 heteroatoms. The van der Waals surface area contributed by atoms with Crippen LogP contribution in [0.2, 0.25) is 0 Å². The topological polar surface area (TPSA) is 205 Å². The Morgan fingerprint density at radius 3 is 2.27 bits per heavy atom. The third-order valence-corrected chi connectivity index (χ3v) is 6.01. The second kappa shape index (κ2) is 8.80. The largest absolute Gasteiger partial charge is 0.397 e. The van der Waals surface area contributed by atoms with E-state index in [1.54, 1.807) is 0 Å². The van der Waals surface area contributed by atoms with E-state index in [4.69, 9.17) is 27.7 Å². The molecule has 3 heterocycles. The summed E-state index contributed by atoms with van der Waals surface area (Å²) in [4.78, 5) is 0. The summed E-state index contributed by atoms with van der Waals surface area (Å²) in [6, 6.07) is 0. The third-order valence-electron chi connectivity index (χ3n) is 5.01. The number of hydrogen-bond donors (Lipinski definition) is 4. The van der Waals surface area contributed by atoms with E-state index in [0.29, 0.717) is 0 Å². The minimum atomic E-state index is -4.83. The van der Waals surface area contributed by atoms with Crippen LogP contribution in [0.1, 0.15) is 6.92 Å². The normalized spacial score (nSPS) is 44.9. The van der Waals surface area contributed by atoms with E-state index in [0.717, 1.165) is 6.26 Å². The Morgan fingerprint density at radius 2 is 1.67 bits per heavy atom. The summed E-state index contributed by atoms with van der Waals surface area (Å²) >= 11 is 0. The first-order chi connectivity index (χ1) is 13.8. The highest BCUT2D eigenvalue weighted by molar-refractivity contribution is 7.86. The molecule has 2 bridgehead atoms. The smallest absolute Gasteiger partial charge is 0.390 e. The minimum absolute atomic E-state index is 0.0441. The van der Waals surface area contributed by atoms with Gasteiger partial charge in [0.25, 0.3) is 10.1 Å². The summed E-state index contributed by atoms with van der Waals surface area (Å²) in [7, 11) is -8.80. The van der Waals surface area contributed by atoms with E-state index in [-0.39, 0.29) is 6.61 Å². The van der Waals surface area contributed by atoms with Gasteiger partial charge in [0.2, 0.25) is 0 Å². The van der Waals surface area contributed by atoms with Crippen molar-refractivity contribution in [2.24, 2.45) is 5.92 Å². The summed E-state index contributed by atoms with van der Waals surface area (Å²) in [6.07, 6.45) is -11.0. The van der Waals surface area contributed by atoms with Gasteiger partial charge in [0.05, 0.1) is 25.6 Å². The fourth-order valence-electron chi connectivity index (χ4n) is 3.50. The number of ether oxygens (including phenoxy) is 4. The van der Waals surface area contributed by atoms with Crippen LogP contribution in [0.3, 0.4) is 0 Å². The van der Waals surface area contributed by atoms with Gasteiger partial charge in [-0.2, -0.15) is 16.8 Å². The first-order valence-corrected chi connectivity index (χ1v) is 12.1. The van der Waals surface area contributed by atoms with Gasteiger partial charge in [-0.25, -0.2) is 4.18 Å². The lowest BCUT2D eigenvalue weighted by Gasteiger charge is -2.44. The molecular formula is C14H24O14S2. The lowest BCUT2D eigenvalue weighted by Crippen LogP contribution is -2.61. The van der Waals surface area contributed by atoms with Crippen molar-refractivity contribution in [3.63, 3.8) is 0 Å². The van der Waals surface area contributed by atoms with Gasteiger partial charge in [-0.3, -0.25) is 8.74 Å². The van der Waals surface area contributed by atoms with E-state index in [2.05, 4.69) is 4.18 Å². The molecule has 0 aromatic heterocycles. The molecule has 3 aliphatic heterocycles. The van der Waals surface area contributed by atoms with Gasteiger partial charge < -0.3 is 34.3 Å². The zero-order valence-electron chi connectivity index (χ0n) is 15.9. The molecule has 3 rings (SSSR count). The van der Waals surface area contributed by atoms with Crippen molar-refractivity contribution in [2.45, 2.75) is 62.2 Å². The molecule has 4 unspecified atom stereocenters. The van der Waals surface area contributed by atoms with Crippen LogP contribution in [0.15, 0.2) is 0 Å². The maximum Gasteiger partial charge on any atom is 0.397 e. The zero-order valence-corrected chi connectivity index (χ0v) is 17.5. The summed E-state index contributed by atoms with van der Waals surface area (Å²) in [5.41, 5.74) is 0. The summed E-state index contributed by atoms with van der Waals surface area (Å²) in [5, 5.41) is 30.9. The molecule has 0 aromatic carbocycles. The first kappa shape index (κ1) is 24.1. The molecule has 4 N–H and O–H groups in total. The van der Waals surface area contributed by atoms with Gasteiger partial charge in [-0.05, 0) is 0 Å². The maximum absolute atomic E-state index is 11.5. The van der Waals surface area contributed by atoms with Crippen LogP contribution in [-0.4, -0.2) is 111 Å². The van der Waals surface area contributed by atoms with Crippen molar-refractivity contribution in [3.05, 3.63) is 0 Å². The van der Waals surface area contributed by atoms with Gasteiger partial charge in [0, 0.05) is 5.92 Å². The molecule has 3 aliphatic rings. The van der Waals surface area contributed by atoms with Crippen LogP contribution in [0.5, 0.6) is 0 Å². The van der Waals surface area contributed by atoms with Crippen LogP contribution in [0, 0.1) is 5.92 Å². The van der Waals surface area contributed by atoms with Gasteiger partial charge in [-0.1, -0.05) is 6.92 Å². The summed E-state index contributed by atoms with van der Waals surface area (Å²) in [5.74, 6) is -0.858. The highest BCUT2D eigenvalue weighted by Crippen LogP contribution is 2.36. The molecule has 0 saturated carbocycles. The SMILES string of the molecule is CC1[C@@H](O[C@@H]2C3CO[C@H](O3)C(OS(C)(=O)=O)[C@H]2O)OC(COS(=O)(=O)O)[C@@H](O)[C@@H]1O. The number of aliphatic hydroxyl groups is 3. The van der Waals surface area contributed by atoms with Gasteiger partial charge in [0.1, 0.15) is 30.5 Å². The molecular weight excluding hydrogens is 456 g/mol. The molecule has 0 radical (unpaired) electrons. The Labute approximate surface area is 172 Å². The summed E-state index contributed by atoms with van der Waals surface area (Å²) < 4.78 is 84.3. The molecule has 176 valence electrons. The predicted molar refractivity (Wildman–Crippen MR) is 92.5 cm³/mol. The van der Waals surface area contributed by atoms with Crippen molar-refractivity contribution < 1.29 is 64.0 Å². The number of hydrogen-bond acceptors (Lipinski definition) is 13. The van der Waals surface area contributed by atoms with E-state index < -0.39 is 88.3 Å². The Morgan fingerprint density at radius 1 is 1.00 bits per heavy atom. The van der Waals surface area contributed by atoms with Gasteiger partial charge >= 0.3 is 10.4 Å². The quantitative estimate of drug-likeness (QED) is 0.208. The van der Waals surface area contributed by atoms with E-state index in [1.165, 1.54) is 6.92 Å². The molecule has 3 saturated heterocycles. The molecule has 10 atom stereocenters. The molecule has 0 amide bonds. The molecule has 0 aliphatic carbocycles. The number of aliphatic hydroxyl groups excluding tert-OH is 3. The van der Waals surface area contributed by atoms with Crippen LogP contribution in [0.4, 0.5) is 0 Å². The van der Waals surface area contributed by atoms with Crippen molar-refractivity contribution in [2.75, 3.05) is 19.5 Å². The highest BCUT2D eigenvalue weighted by Gasteiger charge is 2.55. The van der Waals surface area contributed by atoms with Crippen molar-refractivity contribution in [1.29, 1.82) is 0 Å². The van der Waals surface area contributed by atoms with E-state index >= 15 is 0 Å². The molecule has 14 nitrogen and oxygen atoms in total. The van der Waals surface area contributed by atoms with Crippen molar-refractivity contribution >= 4 is 20.5 Å². The Bertz CT molecular complexity index is 814. The Balaban J connectivity index is 1.74. The summed E-state index contributed by atoms with van der Waals surface area (Å²) in [6.45, 7) is 0.603. The van der Waals surface area contributed by atoms with Crippen LogP contribution in [-0.2, 0) is 47.8 Å². The Hall–Kier alpha value is -0.500. The second-order valence-corrected chi connectivity index (χ2v) is 10.0. The molecule has 3 fully saturated rings. The molecule has 30 heavy (non-hydrogen) atoms. The fraction of sp³-hybridized carbons (Fsp3) is 1.00. The van der Waals surface area contributed by atoms with Crippen molar-refractivity contribution in [1.82, 2.24) is 0 Å². The average Bonchev–Trinajstić information content (AvgIpc) is 3.06. The molecule has 0 spiro atoms. The maximum atomic E-state index is 11.5. The number of rotatable bonds is 7. The highest BCUT2D eigenvalue weighted by atomic mass is 32.3. The van der Waals surface area contributed by atoms with E-state index in [9.17, 15) is 32.2 Å². The van der Waals surface area contributed by atoms with Crippen LogP contribution in [0.25, 0.3) is 0 Å². The number of fused-ring (bicyclic) bond motifs is 2. The van der Waals surface area contributed by atoms with Gasteiger partial charge in [-0.15, -0.1) is 0 Å². The van der Waals surface area contributed by atoms with Crippen LogP contribution < -0.4 is 0 Å². The Kier molecular flexibility index (Phi) is 7.08. The average molecular weight is 480 g/mol. The van der Waals surface area contributed by atoms with Crippen molar-refractivity contribution in [3.8, 4) is 0 Å². The monoisotopic (exact) mass is 480 g/mol. The first-order valence-electron chi connectivity index (χ1n) is 8.89. The second-order valence-electron chi connectivity index (χ2n) is 7.33. The van der Waals surface area contributed by atoms with Gasteiger partial charge in [0.15, 0.2) is 18.7 Å². The predicted octanol–water partition coefficient (Wildman–Crippen LogP) is -3.27. The standard InChI is InChI=1S/C14H24O14S2/c1-5-8(15)9(16)6(4-24-30(20,21)22)25-13(5)27-11-7-3-23-14(26-7)12(10(11)17)28-29(2,18)19/h5-17H,3-4H2,1-2H3,(H,20,21,22)/t5?,6?,7?,8-,9-,10+,11-,12?,13-,14-/m1/s1. The fourth-order valence-corrected chi connectivity index (χ4v) is 4.41. The third kappa shape index (κ3) is 5.45. The minimum Gasteiger partial charge on any atom is -0.390 e. The van der Waals surface area contributed by atoms with E-state index in [1.807, 2.05) is 0 Å². The molecule has 0 aromatic rings. The lowest BCUT2D eigenvalue weighted by atomic mass is 9.92. The zero-order chi connectivity index (χ0) is 22.4. The lowest BCUT2D eigenvalue weighted by molar-refractivity contribution is -0.323. The van der Waals surface area contributed by atoms with Crippen LogP contribution >= 0.6 is 0 Å².